The van der Waals surface area contributed by atoms with Gasteiger partial charge in [0.1, 0.15) is 18.0 Å². The smallest absolute Gasteiger partial charge is 0.251 e. The summed E-state index contributed by atoms with van der Waals surface area (Å²) >= 11 is 0. The molecular formula is C28H28FN5O. The largest absolute Gasteiger partial charge is 0.351 e. The Morgan fingerprint density at radius 1 is 0.943 bits per heavy atom. The van der Waals surface area contributed by atoms with Gasteiger partial charge in [0.15, 0.2) is 0 Å². The molecule has 35 heavy (non-hydrogen) atoms. The van der Waals surface area contributed by atoms with Crippen LogP contribution in [0.15, 0.2) is 91.3 Å². The Kier molecular flexibility index (Phi) is 8.14. The van der Waals surface area contributed by atoms with Crippen LogP contribution in [-0.4, -0.2) is 40.4 Å². The lowest BCUT2D eigenvalue weighted by atomic mass is 10.1. The van der Waals surface area contributed by atoms with Gasteiger partial charge in [-0.15, -0.1) is 0 Å². The minimum absolute atomic E-state index is 0.104. The van der Waals surface area contributed by atoms with Crippen molar-refractivity contribution < 1.29 is 9.18 Å². The molecule has 0 aliphatic carbocycles. The average Bonchev–Trinajstić information content (AvgIpc) is 2.89. The molecule has 4 aromatic rings. The van der Waals surface area contributed by atoms with Crippen LogP contribution in [0.2, 0.25) is 0 Å². The molecule has 0 saturated heterocycles. The number of halogens is 1. The molecule has 0 aliphatic heterocycles. The molecule has 0 radical (unpaired) electrons. The number of hydrogen-bond acceptors (Lipinski definition) is 5. The quantitative estimate of drug-likeness (QED) is 0.331. The third-order valence-corrected chi connectivity index (χ3v) is 5.64. The second-order valence-corrected chi connectivity index (χ2v) is 8.11. The Labute approximate surface area is 204 Å². The molecule has 0 saturated carbocycles. The summed E-state index contributed by atoms with van der Waals surface area (Å²) in [6.45, 7) is 5.25. The predicted octanol–water partition coefficient (Wildman–Crippen LogP) is 5.28. The zero-order valence-electron chi connectivity index (χ0n) is 19.6. The maximum atomic E-state index is 13.2. The summed E-state index contributed by atoms with van der Waals surface area (Å²) < 4.78 is 13.2. The summed E-state index contributed by atoms with van der Waals surface area (Å²) in [5, 5.41) is 6.22. The lowest BCUT2D eigenvalue weighted by Crippen LogP contribution is -2.34. The molecule has 0 atom stereocenters. The Bertz CT molecular complexity index is 1230. The molecule has 1 amide bonds. The van der Waals surface area contributed by atoms with Crippen molar-refractivity contribution in [2.45, 2.75) is 13.5 Å². The molecule has 6 nitrogen and oxygen atoms in total. The van der Waals surface area contributed by atoms with Crippen LogP contribution in [0.5, 0.6) is 0 Å². The Morgan fingerprint density at radius 2 is 1.69 bits per heavy atom. The molecule has 3 aromatic carbocycles. The van der Waals surface area contributed by atoms with Crippen LogP contribution >= 0.6 is 0 Å². The molecule has 178 valence electrons. The van der Waals surface area contributed by atoms with Crippen LogP contribution in [0.1, 0.15) is 22.8 Å². The van der Waals surface area contributed by atoms with Gasteiger partial charge in [-0.25, -0.2) is 14.4 Å². The average molecular weight is 470 g/mol. The zero-order chi connectivity index (χ0) is 24.5. The molecule has 2 N–H and O–H groups in total. The topological polar surface area (TPSA) is 70.2 Å². The number of carbonyl (C=O) groups excluding carboxylic acids is 1. The predicted molar refractivity (Wildman–Crippen MR) is 137 cm³/mol. The molecule has 1 heterocycles. The summed E-state index contributed by atoms with van der Waals surface area (Å²) in [7, 11) is 0. The van der Waals surface area contributed by atoms with Gasteiger partial charge in [-0.2, -0.15) is 0 Å². The number of carbonyl (C=O) groups is 1. The number of amides is 1. The van der Waals surface area contributed by atoms with Crippen LogP contribution in [0.25, 0.3) is 11.3 Å². The highest BCUT2D eigenvalue weighted by molar-refractivity contribution is 5.94. The molecule has 0 unspecified atom stereocenters. The summed E-state index contributed by atoms with van der Waals surface area (Å²) in [6, 6.07) is 25.5. The van der Waals surface area contributed by atoms with E-state index >= 15 is 0 Å². The van der Waals surface area contributed by atoms with Crippen molar-refractivity contribution in [1.29, 1.82) is 0 Å². The fourth-order valence-electron chi connectivity index (χ4n) is 3.68. The third kappa shape index (κ3) is 6.94. The SMILES string of the molecule is CCN(CCNC(=O)c1ccc(Nc2cc(-c3ccc(F)cc3)ncn2)cc1)Cc1ccccc1. The maximum absolute atomic E-state index is 13.2. The van der Waals surface area contributed by atoms with E-state index in [9.17, 15) is 9.18 Å². The van der Waals surface area contributed by atoms with E-state index in [0.717, 1.165) is 30.9 Å². The summed E-state index contributed by atoms with van der Waals surface area (Å²) in [5.41, 5.74) is 4.14. The first kappa shape index (κ1) is 24.0. The van der Waals surface area contributed by atoms with Gasteiger partial charge in [-0.1, -0.05) is 37.3 Å². The number of likely N-dealkylation sites (N-methyl/N-ethyl adjacent to an activating group) is 1. The van der Waals surface area contributed by atoms with Crippen molar-refractivity contribution in [2.75, 3.05) is 25.0 Å². The second-order valence-electron chi connectivity index (χ2n) is 8.11. The van der Waals surface area contributed by atoms with Gasteiger partial charge in [0.05, 0.1) is 5.69 Å². The zero-order valence-corrected chi connectivity index (χ0v) is 19.6. The molecule has 7 heteroatoms. The van der Waals surface area contributed by atoms with Crippen LogP contribution in [0.4, 0.5) is 15.9 Å². The van der Waals surface area contributed by atoms with E-state index < -0.39 is 0 Å². The minimum Gasteiger partial charge on any atom is -0.351 e. The van der Waals surface area contributed by atoms with Gasteiger partial charge in [0.2, 0.25) is 0 Å². The van der Waals surface area contributed by atoms with Gasteiger partial charge >= 0.3 is 0 Å². The van der Waals surface area contributed by atoms with Crippen LogP contribution in [0.3, 0.4) is 0 Å². The fourth-order valence-corrected chi connectivity index (χ4v) is 3.68. The van der Waals surface area contributed by atoms with Crippen molar-refractivity contribution >= 4 is 17.4 Å². The molecule has 0 bridgehead atoms. The van der Waals surface area contributed by atoms with Crippen molar-refractivity contribution in [2.24, 2.45) is 0 Å². The van der Waals surface area contributed by atoms with E-state index in [1.165, 1.54) is 24.0 Å². The second kappa shape index (κ2) is 11.9. The Balaban J connectivity index is 1.29. The van der Waals surface area contributed by atoms with Gasteiger partial charge in [0, 0.05) is 42.5 Å². The summed E-state index contributed by atoms with van der Waals surface area (Å²) in [4.78, 5) is 23.4. The third-order valence-electron chi connectivity index (χ3n) is 5.64. The first-order valence-corrected chi connectivity index (χ1v) is 11.6. The first-order chi connectivity index (χ1) is 17.1. The minimum atomic E-state index is -0.292. The van der Waals surface area contributed by atoms with E-state index in [1.54, 1.807) is 30.3 Å². The Morgan fingerprint density at radius 3 is 2.40 bits per heavy atom. The highest BCUT2D eigenvalue weighted by Gasteiger charge is 2.08. The van der Waals surface area contributed by atoms with Gasteiger partial charge < -0.3 is 10.6 Å². The van der Waals surface area contributed by atoms with Gasteiger partial charge in [-0.05, 0) is 60.6 Å². The lowest BCUT2D eigenvalue weighted by molar-refractivity contribution is 0.0948. The molecule has 0 spiro atoms. The van der Waals surface area contributed by atoms with Crippen molar-refractivity contribution in [1.82, 2.24) is 20.2 Å². The highest BCUT2D eigenvalue weighted by atomic mass is 19.1. The number of nitrogens with one attached hydrogen (secondary N) is 2. The molecule has 0 aliphatic rings. The number of benzene rings is 3. The summed E-state index contributed by atoms with van der Waals surface area (Å²) in [5.74, 6) is 0.211. The van der Waals surface area contributed by atoms with Crippen molar-refractivity contribution in [3.63, 3.8) is 0 Å². The number of hydrogen-bond donors (Lipinski definition) is 2. The molecule has 0 fully saturated rings. The highest BCUT2D eigenvalue weighted by Crippen LogP contribution is 2.21. The monoisotopic (exact) mass is 469 g/mol. The molecular weight excluding hydrogens is 441 g/mol. The van der Waals surface area contributed by atoms with Crippen molar-refractivity contribution in [3.05, 3.63) is 108 Å². The van der Waals surface area contributed by atoms with Crippen LogP contribution in [0, 0.1) is 5.82 Å². The number of anilines is 2. The maximum Gasteiger partial charge on any atom is 0.251 e. The number of aromatic nitrogens is 2. The van der Waals surface area contributed by atoms with E-state index in [4.69, 9.17) is 0 Å². The Hall–Kier alpha value is -4.10. The standard InChI is InChI=1S/C28H28FN5O/c1-2-34(19-21-6-4-3-5-7-21)17-16-30-28(35)23-10-14-25(15-11-23)33-27-18-26(31-20-32-27)22-8-12-24(29)13-9-22/h3-15,18,20H,2,16-17,19H2,1H3,(H,30,35)(H,31,32,33). The molecule has 4 rings (SSSR count). The van der Waals surface area contributed by atoms with E-state index in [-0.39, 0.29) is 11.7 Å². The van der Waals surface area contributed by atoms with Crippen molar-refractivity contribution in [3.8, 4) is 11.3 Å². The normalized spacial score (nSPS) is 10.8. The van der Waals surface area contributed by atoms with E-state index in [2.05, 4.69) is 44.6 Å². The summed E-state index contributed by atoms with van der Waals surface area (Å²) in [6.07, 6.45) is 1.46. The van der Waals surface area contributed by atoms with Crippen LogP contribution in [-0.2, 0) is 6.54 Å². The van der Waals surface area contributed by atoms with E-state index in [1.807, 2.05) is 30.3 Å². The molecule has 1 aromatic heterocycles. The number of nitrogens with zero attached hydrogens (tertiary/aromatic N) is 3. The first-order valence-electron chi connectivity index (χ1n) is 11.6. The van der Waals surface area contributed by atoms with E-state index in [0.29, 0.717) is 23.6 Å². The van der Waals surface area contributed by atoms with Gasteiger partial charge in [-0.3, -0.25) is 9.69 Å². The van der Waals surface area contributed by atoms with Crippen LogP contribution < -0.4 is 10.6 Å². The lowest BCUT2D eigenvalue weighted by Gasteiger charge is -2.20. The fraction of sp³-hybridized carbons (Fsp3) is 0.179. The number of rotatable bonds is 10. The van der Waals surface area contributed by atoms with Gasteiger partial charge in [0.25, 0.3) is 5.91 Å².